The van der Waals surface area contributed by atoms with Gasteiger partial charge in [0.25, 0.3) is 0 Å². The fourth-order valence-electron chi connectivity index (χ4n) is 11.3. The molecule has 0 saturated heterocycles. The number of benzene rings is 8. The monoisotopic (exact) mass is 870 g/mol. The van der Waals surface area contributed by atoms with Gasteiger partial charge in [-0.05, 0) is 139 Å². The smallest absolute Gasteiger partial charge is 0.343 e. The van der Waals surface area contributed by atoms with Crippen LogP contribution in [0.5, 0.6) is 0 Å². The molecule has 8 aromatic carbocycles. The van der Waals surface area contributed by atoms with Crippen LogP contribution in [0.1, 0.15) is 78.0 Å². The molecule has 9 aromatic rings. The van der Waals surface area contributed by atoms with E-state index in [0.29, 0.717) is 0 Å². The van der Waals surface area contributed by atoms with E-state index in [4.69, 9.17) is 0 Å². The van der Waals surface area contributed by atoms with Crippen LogP contribution in [-0.4, -0.2) is 6.85 Å². The zero-order valence-electron chi connectivity index (χ0n) is 39.1. The average Bonchev–Trinajstić information content (AvgIpc) is 3.72. The van der Waals surface area contributed by atoms with E-state index in [0.717, 1.165) is 0 Å². The zero-order valence-corrected chi connectivity index (χ0v) is 39.9. The summed E-state index contributed by atoms with van der Waals surface area (Å²) >= 11 is 1.96. The van der Waals surface area contributed by atoms with Gasteiger partial charge in [-0.25, -0.2) is 0 Å². The highest BCUT2D eigenvalue weighted by atomic mass is 32.1. The predicted molar refractivity (Wildman–Crippen MR) is 286 cm³/mol. The number of anilines is 5. The van der Waals surface area contributed by atoms with Crippen LogP contribution in [0.25, 0.3) is 54.6 Å². The molecule has 1 aliphatic carbocycles. The van der Waals surface area contributed by atoms with Crippen LogP contribution >= 0.6 is 11.3 Å². The van der Waals surface area contributed by atoms with E-state index < -0.39 is 0 Å². The Hall–Kier alpha value is -6.62. The van der Waals surface area contributed by atoms with Crippen LogP contribution in [0, 0.1) is 0 Å². The zero-order chi connectivity index (χ0) is 45.1. The van der Waals surface area contributed by atoms with Crippen LogP contribution in [0.4, 0.5) is 28.4 Å². The van der Waals surface area contributed by atoms with Gasteiger partial charge in [0.2, 0.25) is 0 Å². The molecule has 0 atom stereocenters. The van der Waals surface area contributed by atoms with Gasteiger partial charge in [0.15, 0.2) is 0 Å². The number of hydrogen-bond acceptors (Lipinski definition) is 3. The number of hydrogen-bond donors (Lipinski definition) is 0. The number of thiophene rings is 1. The maximum Gasteiger partial charge on any atom is 0.343 e. The maximum absolute atomic E-state index is 2.72. The SMILES string of the molecule is CC(C)(C)c1ccc(N2c3cc(-c4ccccc4)cc4c3B(c3sc5ccccc5c32)N(c2ccc3c(c2)C(C)(C)CCC3(C)C)c2ccc(-c3ccccc3)cc2-4)c(-c2ccccc2)c1. The maximum atomic E-state index is 2.72. The van der Waals surface area contributed by atoms with Crippen LogP contribution < -0.4 is 20.0 Å². The normalized spacial score (nSPS) is 15.5. The Morgan fingerprint density at radius 2 is 1.09 bits per heavy atom. The molecule has 0 spiro atoms. The van der Waals surface area contributed by atoms with E-state index in [2.05, 4.69) is 240 Å². The first kappa shape index (κ1) is 40.9. The third-order valence-corrected chi connectivity index (χ3v) is 16.3. The first-order valence-corrected chi connectivity index (χ1v) is 24.6. The Bertz CT molecular complexity index is 3360. The van der Waals surface area contributed by atoms with Crippen LogP contribution in [0.3, 0.4) is 0 Å². The molecule has 2 nitrogen and oxygen atoms in total. The summed E-state index contributed by atoms with van der Waals surface area (Å²) in [4.78, 5) is 5.38. The van der Waals surface area contributed by atoms with E-state index >= 15 is 0 Å². The van der Waals surface area contributed by atoms with Crippen molar-refractivity contribution < 1.29 is 0 Å². The molecule has 0 unspecified atom stereocenters. The van der Waals surface area contributed by atoms with Gasteiger partial charge in [-0.15, -0.1) is 11.3 Å². The molecule has 0 radical (unpaired) electrons. The fraction of sp³-hybridized carbons (Fsp3) is 0.194. The summed E-state index contributed by atoms with van der Waals surface area (Å²) < 4.78 is 2.67. The lowest BCUT2D eigenvalue weighted by atomic mass is 9.46. The van der Waals surface area contributed by atoms with E-state index in [1.54, 1.807) is 0 Å². The van der Waals surface area contributed by atoms with Crippen LogP contribution in [-0.2, 0) is 16.2 Å². The molecular formula is C62H55BN2S. The lowest BCUT2D eigenvalue weighted by Crippen LogP contribution is -2.60. The predicted octanol–water partition coefficient (Wildman–Crippen LogP) is 16.3. The molecular weight excluding hydrogens is 816 g/mol. The highest BCUT2D eigenvalue weighted by molar-refractivity contribution is 7.32. The van der Waals surface area contributed by atoms with E-state index in [1.807, 2.05) is 11.3 Å². The second-order valence-electron chi connectivity index (χ2n) is 21.2. The molecule has 0 bridgehead atoms. The molecule has 0 N–H and O–H groups in total. The number of fused-ring (bicyclic) bond motifs is 7. The lowest BCUT2D eigenvalue weighted by Gasteiger charge is -2.46. The van der Waals surface area contributed by atoms with Gasteiger partial charge < -0.3 is 9.71 Å². The summed E-state index contributed by atoms with van der Waals surface area (Å²) in [6.45, 7) is 16.7. The van der Waals surface area contributed by atoms with Crippen molar-refractivity contribution >= 4 is 66.9 Å². The van der Waals surface area contributed by atoms with E-state index in [-0.39, 0.29) is 23.1 Å². The quantitative estimate of drug-likeness (QED) is 0.159. The number of nitrogens with zero attached hydrogens (tertiary/aromatic N) is 2. The summed E-state index contributed by atoms with van der Waals surface area (Å²) in [6.07, 6.45) is 2.35. The molecule has 322 valence electrons. The molecule has 4 heteroatoms. The minimum atomic E-state index is -0.0784. The Balaban J connectivity index is 1.22. The summed E-state index contributed by atoms with van der Waals surface area (Å²) in [5.74, 6) is 0. The van der Waals surface area contributed by atoms with Crippen LogP contribution in [0.15, 0.2) is 182 Å². The summed E-state index contributed by atoms with van der Waals surface area (Å²) in [7, 11) is 0. The highest BCUT2D eigenvalue weighted by Crippen LogP contribution is 2.54. The van der Waals surface area contributed by atoms with Gasteiger partial charge in [0.05, 0.1) is 11.4 Å². The Morgan fingerprint density at radius 1 is 0.485 bits per heavy atom. The van der Waals surface area contributed by atoms with Gasteiger partial charge >= 0.3 is 6.85 Å². The van der Waals surface area contributed by atoms with E-state index in [9.17, 15) is 0 Å². The van der Waals surface area contributed by atoms with Gasteiger partial charge in [0.1, 0.15) is 0 Å². The Morgan fingerprint density at radius 3 is 1.79 bits per heavy atom. The molecule has 0 amide bonds. The molecule has 0 saturated carbocycles. The van der Waals surface area contributed by atoms with Gasteiger partial charge in [-0.3, -0.25) is 0 Å². The van der Waals surface area contributed by atoms with Crippen molar-refractivity contribution in [1.82, 2.24) is 0 Å². The van der Waals surface area contributed by atoms with Crippen molar-refractivity contribution in [3.63, 3.8) is 0 Å². The number of rotatable bonds is 5. The van der Waals surface area contributed by atoms with Crippen molar-refractivity contribution in [2.75, 3.05) is 9.71 Å². The van der Waals surface area contributed by atoms with Crippen LogP contribution in [0.2, 0.25) is 0 Å². The summed E-state index contributed by atoms with van der Waals surface area (Å²) in [6, 6.07) is 69.1. The highest BCUT2D eigenvalue weighted by Gasteiger charge is 2.48. The lowest BCUT2D eigenvalue weighted by molar-refractivity contribution is 0.332. The second kappa shape index (κ2) is 15.0. The van der Waals surface area contributed by atoms with Gasteiger partial charge in [0, 0.05) is 43.1 Å². The van der Waals surface area contributed by atoms with Crippen molar-refractivity contribution in [3.8, 4) is 44.5 Å². The first-order valence-electron chi connectivity index (χ1n) is 23.7. The van der Waals surface area contributed by atoms with Crippen molar-refractivity contribution in [2.45, 2.75) is 77.6 Å². The standard InChI is InChI=1S/C62H55BN2S/c1-60(2,3)45-28-32-53(48(38-45)42-23-15-10-16-24-42)64-55-37-44(41-21-13-9-14-22-41)36-50-49-35-43(40-19-11-8-12-20-40)27-31-54(49)65(46-29-30-51-52(39-46)62(6,7)34-33-61(51,4)5)63(57(50)55)59-58(64)47-25-17-18-26-56(47)66-59/h8-32,35-39H,33-34H2,1-7H3. The molecule has 0 fully saturated rings. The third-order valence-electron chi connectivity index (χ3n) is 15.1. The van der Waals surface area contributed by atoms with Gasteiger partial charge in [-0.2, -0.15) is 0 Å². The molecule has 66 heavy (non-hydrogen) atoms. The van der Waals surface area contributed by atoms with Crippen molar-refractivity contribution in [1.29, 1.82) is 0 Å². The first-order chi connectivity index (χ1) is 31.9. The average molecular weight is 871 g/mol. The minimum absolute atomic E-state index is 0.0268. The molecule has 12 rings (SSSR count). The van der Waals surface area contributed by atoms with Crippen molar-refractivity contribution in [2.24, 2.45) is 0 Å². The Kier molecular flexibility index (Phi) is 9.26. The molecule has 3 heterocycles. The second-order valence-corrected chi connectivity index (χ2v) is 22.3. The summed E-state index contributed by atoms with van der Waals surface area (Å²) in [5.41, 5.74) is 21.8. The molecule has 3 aliphatic rings. The third kappa shape index (κ3) is 6.43. The largest absolute Gasteiger partial charge is 0.376 e. The van der Waals surface area contributed by atoms with Gasteiger partial charge in [-0.1, -0.05) is 176 Å². The molecule has 1 aromatic heterocycles. The summed E-state index contributed by atoms with van der Waals surface area (Å²) in [5, 5.41) is 1.28. The fourth-order valence-corrected chi connectivity index (χ4v) is 12.6. The minimum Gasteiger partial charge on any atom is -0.376 e. The Labute approximate surface area is 395 Å². The molecule has 2 aliphatic heterocycles. The van der Waals surface area contributed by atoms with E-state index in [1.165, 1.54) is 123 Å². The topological polar surface area (TPSA) is 6.48 Å². The van der Waals surface area contributed by atoms with Crippen molar-refractivity contribution in [3.05, 3.63) is 199 Å².